The lowest BCUT2D eigenvalue weighted by Gasteiger charge is -2.27. The fourth-order valence-electron chi connectivity index (χ4n) is 3.31. The van der Waals surface area contributed by atoms with Gasteiger partial charge in [-0.05, 0) is 43.7 Å². The molecule has 2 aliphatic rings. The van der Waals surface area contributed by atoms with Gasteiger partial charge in [0.05, 0.1) is 0 Å². The number of para-hydroxylation sites is 1. The minimum atomic E-state index is 0.288. The summed E-state index contributed by atoms with van der Waals surface area (Å²) in [6.07, 6.45) is 6.70. The smallest absolute Gasteiger partial charge is 0.137 e. The molecular formula is C16H21NO. The molecule has 0 radical (unpaired) electrons. The molecule has 1 atom stereocenters. The molecule has 1 aromatic carbocycles. The Bertz CT molecular complexity index is 440. The molecule has 0 spiro atoms. The maximum Gasteiger partial charge on any atom is 0.137 e. The lowest BCUT2D eigenvalue weighted by atomic mass is 10.0. The normalized spacial score (nSPS) is 23.9. The number of aryl methyl sites for hydroxylation is 1. The van der Waals surface area contributed by atoms with Gasteiger partial charge in [0.15, 0.2) is 0 Å². The second-order valence-corrected chi connectivity index (χ2v) is 5.59. The molecule has 1 aliphatic carbocycles. The quantitative estimate of drug-likeness (QED) is 0.795. The minimum absolute atomic E-state index is 0.288. The van der Waals surface area contributed by atoms with Crippen molar-refractivity contribution in [3.05, 3.63) is 29.8 Å². The van der Waals surface area contributed by atoms with Crippen molar-refractivity contribution in [1.82, 2.24) is 0 Å². The van der Waals surface area contributed by atoms with Crippen LogP contribution in [-0.4, -0.2) is 18.9 Å². The number of nitrogens with zero attached hydrogens (tertiary/aromatic N) is 1. The van der Waals surface area contributed by atoms with Gasteiger partial charge in [-0.3, -0.25) is 4.79 Å². The molecule has 0 aromatic heterocycles. The van der Waals surface area contributed by atoms with Crippen LogP contribution in [0.4, 0.5) is 5.69 Å². The van der Waals surface area contributed by atoms with Crippen molar-refractivity contribution >= 4 is 11.5 Å². The van der Waals surface area contributed by atoms with Gasteiger partial charge < -0.3 is 4.90 Å². The highest BCUT2D eigenvalue weighted by molar-refractivity contribution is 5.83. The zero-order valence-electron chi connectivity index (χ0n) is 10.9. The highest BCUT2D eigenvalue weighted by Gasteiger charge is 2.27. The average Bonchev–Trinajstić information content (AvgIpc) is 2.68. The predicted molar refractivity (Wildman–Crippen MR) is 73.9 cm³/mol. The largest absolute Gasteiger partial charge is 0.371 e. The zero-order valence-corrected chi connectivity index (χ0v) is 10.9. The minimum Gasteiger partial charge on any atom is -0.371 e. The first-order valence-corrected chi connectivity index (χ1v) is 7.20. The fraction of sp³-hybridized carbons (Fsp3) is 0.562. The van der Waals surface area contributed by atoms with Crippen LogP contribution in [0.1, 0.15) is 37.7 Å². The molecule has 1 heterocycles. The Hall–Kier alpha value is -1.31. The van der Waals surface area contributed by atoms with Gasteiger partial charge in [-0.15, -0.1) is 0 Å². The van der Waals surface area contributed by atoms with E-state index in [1.165, 1.54) is 30.5 Å². The number of hydrogen-bond acceptors (Lipinski definition) is 2. The van der Waals surface area contributed by atoms with Crippen LogP contribution in [-0.2, 0) is 11.2 Å². The molecule has 1 saturated carbocycles. The van der Waals surface area contributed by atoms with Crippen LogP contribution in [0.3, 0.4) is 0 Å². The molecule has 0 saturated heterocycles. The lowest BCUT2D eigenvalue weighted by molar-refractivity contribution is -0.120. The van der Waals surface area contributed by atoms with Crippen LogP contribution in [0.25, 0.3) is 0 Å². The molecule has 1 unspecified atom stereocenters. The molecular weight excluding hydrogens is 222 g/mol. The number of fused-ring (bicyclic) bond motifs is 1. The summed E-state index contributed by atoms with van der Waals surface area (Å²) in [6.45, 7) is 2.05. The van der Waals surface area contributed by atoms with E-state index in [2.05, 4.69) is 29.2 Å². The van der Waals surface area contributed by atoms with Crippen molar-refractivity contribution in [2.75, 3.05) is 18.0 Å². The Morgan fingerprint density at radius 2 is 2.00 bits per heavy atom. The number of Topliss-reactive ketones (excluding diaryl/α,β-unsaturated/α-hetero) is 1. The van der Waals surface area contributed by atoms with E-state index in [1.807, 2.05) is 0 Å². The van der Waals surface area contributed by atoms with E-state index in [9.17, 15) is 4.79 Å². The Morgan fingerprint density at radius 3 is 2.83 bits per heavy atom. The predicted octanol–water partition coefficient (Wildman–Crippen LogP) is 3.20. The molecule has 2 heteroatoms. The summed E-state index contributed by atoms with van der Waals surface area (Å²) in [5.74, 6) is 0.771. The Labute approximate surface area is 109 Å². The Kier molecular flexibility index (Phi) is 3.35. The van der Waals surface area contributed by atoms with Crippen LogP contribution in [0.2, 0.25) is 0 Å². The molecule has 1 fully saturated rings. The summed E-state index contributed by atoms with van der Waals surface area (Å²) < 4.78 is 0. The standard InChI is InChI=1S/C16H21NO/c18-16-10-5-8-14(16)12-17-11-4-3-7-13-6-1-2-9-15(13)17/h1-2,6,9,14H,3-5,7-8,10-12H2. The first-order valence-electron chi connectivity index (χ1n) is 7.20. The molecule has 0 bridgehead atoms. The van der Waals surface area contributed by atoms with Gasteiger partial charge in [0, 0.05) is 31.1 Å². The second-order valence-electron chi connectivity index (χ2n) is 5.59. The SMILES string of the molecule is O=C1CCCC1CN1CCCCc2ccccc21. The molecule has 0 N–H and O–H groups in total. The third kappa shape index (κ3) is 2.29. The molecule has 3 rings (SSSR count). The monoisotopic (exact) mass is 243 g/mol. The molecule has 0 amide bonds. The Morgan fingerprint density at radius 1 is 1.11 bits per heavy atom. The maximum absolute atomic E-state index is 11.8. The van der Waals surface area contributed by atoms with Crippen molar-refractivity contribution in [2.45, 2.75) is 38.5 Å². The lowest BCUT2D eigenvalue weighted by Crippen LogP contribution is -2.32. The van der Waals surface area contributed by atoms with E-state index in [0.29, 0.717) is 5.78 Å². The summed E-state index contributed by atoms with van der Waals surface area (Å²) >= 11 is 0. The first-order chi connectivity index (χ1) is 8.84. The summed E-state index contributed by atoms with van der Waals surface area (Å²) in [6, 6.07) is 8.71. The van der Waals surface area contributed by atoms with Gasteiger partial charge in [0.25, 0.3) is 0 Å². The topological polar surface area (TPSA) is 20.3 Å². The number of carbonyl (C=O) groups is 1. The molecule has 1 aromatic rings. The highest BCUT2D eigenvalue weighted by Crippen LogP contribution is 2.29. The molecule has 2 nitrogen and oxygen atoms in total. The third-order valence-corrected chi connectivity index (χ3v) is 4.33. The summed E-state index contributed by atoms with van der Waals surface area (Å²) in [5, 5.41) is 0. The maximum atomic E-state index is 11.8. The van der Waals surface area contributed by atoms with E-state index >= 15 is 0 Å². The summed E-state index contributed by atoms with van der Waals surface area (Å²) in [7, 11) is 0. The molecule has 18 heavy (non-hydrogen) atoms. The van der Waals surface area contributed by atoms with Crippen LogP contribution in [0, 0.1) is 5.92 Å². The molecule has 96 valence electrons. The number of ketones is 1. The van der Waals surface area contributed by atoms with Crippen LogP contribution in [0.15, 0.2) is 24.3 Å². The highest BCUT2D eigenvalue weighted by atomic mass is 16.1. The summed E-state index contributed by atoms with van der Waals surface area (Å²) in [5.41, 5.74) is 2.83. The van der Waals surface area contributed by atoms with Crippen molar-refractivity contribution in [1.29, 1.82) is 0 Å². The second kappa shape index (κ2) is 5.13. The molecule has 1 aliphatic heterocycles. The van der Waals surface area contributed by atoms with Crippen LogP contribution < -0.4 is 4.90 Å². The van der Waals surface area contributed by atoms with E-state index in [1.54, 1.807) is 0 Å². The summed E-state index contributed by atoms with van der Waals surface area (Å²) in [4.78, 5) is 14.3. The number of hydrogen-bond donors (Lipinski definition) is 0. The van der Waals surface area contributed by atoms with Crippen LogP contribution >= 0.6 is 0 Å². The number of carbonyl (C=O) groups excluding carboxylic acids is 1. The van der Waals surface area contributed by atoms with Crippen molar-refractivity contribution in [2.24, 2.45) is 5.92 Å². The van der Waals surface area contributed by atoms with Gasteiger partial charge in [0.1, 0.15) is 5.78 Å². The van der Waals surface area contributed by atoms with Crippen molar-refractivity contribution in [3.63, 3.8) is 0 Å². The van der Waals surface area contributed by atoms with E-state index in [4.69, 9.17) is 0 Å². The average molecular weight is 243 g/mol. The van der Waals surface area contributed by atoms with E-state index in [0.717, 1.165) is 32.4 Å². The first kappa shape index (κ1) is 11.8. The Balaban J connectivity index is 1.81. The third-order valence-electron chi connectivity index (χ3n) is 4.33. The van der Waals surface area contributed by atoms with Gasteiger partial charge in [-0.2, -0.15) is 0 Å². The van der Waals surface area contributed by atoms with E-state index < -0.39 is 0 Å². The van der Waals surface area contributed by atoms with E-state index in [-0.39, 0.29) is 5.92 Å². The van der Waals surface area contributed by atoms with Crippen molar-refractivity contribution < 1.29 is 4.79 Å². The van der Waals surface area contributed by atoms with Gasteiger partial charge in [-0.1, -0.05) is 18.2 Å². The number of anilines is 1. The van der Waals surface area contributed by atoms with Gasteiger partial charge in [-0.25, -0.2) is 0 Å². The van der Waals surface area contributed by atoms with Gasteiger partial charge >= 0.3 is 0 Å². The number of rotatable bonds is 2. The van der Waals surface area contributed by atoms with Gasteiger partial charge in [0.2, 0.25) is 0 Å². The zero-order chi connectivity index (χ0) is 12.4. The van der Waals surface area contributed by atoms with Crippen LogP contribution in [0.5, 0.6) is 0 Å². The number of benzene rings is 1. The van der Waals surface area contributed by atoms with Crippen molar-refractivity contribution in [3.8, 4) is 0 Å². The fourth-order valence-corrected chi connectivity index (χ4v) is 3.31.